The van der Waals surface area contributed by atoms with Crippen molar-refractivity contribution in [2.75, 3.05) is 6.54 Å². The van der Waals surface area contributed by atoms with Gasteiger partial charge >= 0.3 is 0 Å². The topological polar surface area (TPSA) is 29.1 Å². The van der Waals surface area contributed by atoms with Gasteiger partial charge in [0.1, 0.15) is 0 Å². The Bertz CT molecular complexity index is 433. The highest BCUT2D eigenvalue weighted by molar-refractivity contribution is 6.00. The van der Waals surface area contributed by atoms with E-state index in [0.717, 1.165) is 31.4 Å². The van der Waals surface area contributed by atoms with Crippen LogP contribution in [0.2, 0.25) is 0 Å². The van der Waals surface area contributed by atoms with Gasteiger partial charge in [0.25, 0.3) is 0 Å². The van der Waals surface area contributed by atoms with Gasteiger partial charge in [0.15, 0.2) is 5.78 Å². The van der Waals surface area contributed by atoms with Crippen molar-refractivity contribution in [3.63, 3.8) is 0 Å². The van der Waals surface area contributed by atoms with E-state index in [1.165, 1.54) is 30.4 Å². The molecule has 0 saturated carbocycles. The third-order valence-electron chi connectivity index (χ3n) is 4.01. The first-order valence-electron chi connectivity index (χ1n) is 6.74. The first-order valence-corrected chi connectivity index (χ1v) is 6.74. The molecule has 1 atom stereocenters. The molecule has 1 fully saturated rings. The lowest BCUT2D eigenvalue weighted by Crippen LogP contribution is -2.30. The fourth-order valence-corrected chi connectivity index (χ4v) is 3.00. The van der Waals surface area contributed by atoms with E-state index in [9.17, 15) is 4.79 Å². The van der Waals surface area contributed by atoms with Crippen molar-refractivity contribution in [3.05, 3.63) is 34.9 Å². The quantitative estimate of drug-likeness (QED) is 0.789. The van der Waals surface area contributed by atoms with E-state index in [0.29, 0.717) is 0 Å². The second-order valence-electron chi connectivity index (χ2n) is 5.20. The number of fused-ring (bicyclic) bond motifs is 1. The van der Waals surface area contributed by atoms with E-state index < -0.39 is 0 Å². The van der Waals surface area contributed by atoms with E-state index in [1.807, 2.05) is 6.07 Å². The predicted octanol–water partition coefficient (Wildman–Crippen LogP) is 2.50. The fraction of sp³-hybridized carbons (Fsp3) is 0.533. The lowest BCUT2D eigenvalue weighted by atomic mass is 9.89. The summed E-state index contributed by atoms with van der Waals surface area (Å²) in [5, 5.41) is 3.29. The van der Waals surface area contributed by atoms with Crippen molar-refractivity contribution >= 4 is 5.78 Å². The molecule has 2 nitrogen and oxygen atoms in total. The molecule has 1 aromatic rings. The Hall–Kier alpha value is -1.15. The maximum Gasteiger partial charge on any atom is 0.179 e. The molecule has 1 heterocycles. The highest BCUT2D eigenvalue weighted by Gasteiger charge is 2.23. The van der Waals surface area contributed by atoms with Crippen LogP contribution in [0.4, 0.5) is 0 Å². The molecule has 90 valence electrons. The highest BCUT2D eigenvalue weighted by atomic mass is 16.1. The molecule has 0 aromatic heterocycles. The average molecular weight is 229 g/mol. The molecule has 3 rings (SSSR count). The Labute approximate surface area is 102 Å². The van der Waals surface area contributed by atoms with Crippen LogP contribution < -0.4 is 5.32 Å². The van der Waals surface area contributed by atoms with E-state index in [4.69, 9.17) is 0 Å². The molecule has 1 N–H and O–H groups in total. The molecule has 2 aliphatic rings. The van der Waals surface area contributed by atoms with Crippen LogP contribution in [0.15, 0.2) is 18.2 Å². The molecule has 2 heteroatoms. The van der Waals surface area contributed by atoms with Crippen LogP contribution >= 0.6 is 0 Å². The van der Waals surface area contributed by atoms with Crippen LogP contribution in [0.5, 0.6) is 0 Å². The smallest absolute Gasteiger partial charge is 0.179 e. The molecular weight excluding hydrogens is 210 g/mol. The zero-order valence-corrected chi connectivity index (χ0v) is 10.2. The molecule has 17 heavy (non-hydrogen) atoms. The lowest BCUT2D eigenvalue weighted by Gasteiger charge is -2.17. The second kappa shape index (κ2) is 4.61. The van der Waals surface area contributed by atoms with E-state index >= 15 is 0 Å². The largest absolute Gasteiger partial charge is 0.307 e. The number of hydrogen-bond donors (Lipinski definition) is 1. The number of nitrogens with one attached hydrogen (secondary N) is 1. The van der Waals surface area contributed by atoms with Gasteiger partial charge in [-0.05, 0) is 62.3 Å². The van der Waals surface area contributed by atoms with Gasteiger partial charge in [0, 0.05) is 5.56 Å². The standard InChI is InChI=1S/C15H19NO/c17-15(14-6-3-9-16-14)13-8-7-11-4-1-2-5-12(11)10-13/h7-8,10,14,16H,1-6,9H2. The van der Waals surface area contributed by atoms with Gasteiger partial charge in [-0.15, -0.1) is 0 Å². The molecule has 0 radical (unpaired) electrons. The zero-order chi connectivity index (χ0) is 11.7. The predicted molar refractivity (Wildman–Crippen MR) is 68.4 cm³/mol. The van der Waals surface area contributed by atoms with E-state index in [-0.39, 0.29) is 11.8 Å². The Morgan fingerprint density at radius 2 is 1.94 bits per heavy atom. The summed E-state index contributed by atoms with van der Waals surface area (Å²) in [6.07, 6.45) is 7.02. The minimum Gasteiger partial charge on any atom is -0.307 e. The Balaban J connectivity index is 1.85. The minimum absolute atomic E-state index is 0.0663. The number of benzene rings is 1. The van der Waals surface area contributed by atoms with Crippen molar-refractivity contribution in [2.24, 2.45) is 0 Å². The lowest BCUT2D eigenvalue weighted by molar-refractivity contribution is 0.0952. The van der Waals surface area contributed by atoms with Crippen molar-refractivity contribution in [1.82, 2.24) is 5.32 Å². The molecular formula is C15H19NO. The van der Waals surface area contributed by atoms with Crippen molar-refractivity contribution < 1.29 is 4.79 Å². The van der Waals surface area contributed by atoms with Gasteiger partial charge < -0.3 is 5.32 Å². The van der Waals surface area contributed by atoms with E-state index in [2.05, 4.69) is 17.4 Å². The summed E-state index contributed by atoms with van der Waals surface area (Å²) in [5.41, 5.74) is 3.76. The van der Waals surface area contributed by atoms with Crippen molar-refractivity contribution in [1.29, 1.82) is 0 Å². The summed E-state index contributed by atoms with van der Waals surface area (Å²) in [6.45, 7) is 0.987. The number of hydrogen-bond acceptors (Lipinski definition) is 2. The zero-order valence-electron chi connectivity index (χ0n) is 10.2. The SMILES string of the molecule is O=C(c1ccc2c(c1)CCCC2)C1CCCN1. The van der Waals surface area contributed by atoms with Gasteiger partial charge in [0.05, 0.1) is 6.04 Å². The molecule has 1 saturated heterocycles. The average Bonchev–Trinajstić information content (AvgIpc) is 2.91. The number of ketones is 1. The first kappa shape index (κ1) is 11.0. The molecule has 0 bridgehead atoms. The van der Waals surface area contributed by atoms with Crippen LogP contribution in [-0.2, 0) is 12.8 Å². The summed E-state index contributed by atoms with van der Waals surface area (Å²) in [4.78, 5) is 12.3. The minimum atomic E-state index is 0.0663. The van der Waals surface area contributed by atoms with Crippen LogP contribution in [0.3, 0.4) is 0 Å². The van der Waals surface area contributed by atoms with Crippen molar-refractivity contribution in [2.45, 2.75) is 44.6 Å². The molecule has 1 aliphatic heterocycles. The number of aryl methyl sites for hydroxylation is 2. The second-order valence-corrected chi connectivity index (χ2v) is 5.20. The van der Waals surface area contributed by atoms with Gasteiger partial charge in [-0.1, -0.05) is 12.1 Å². The molecule has 1 aliphatic carbocycles. The van der Waals surface area contributed by atoms with Crippen LogP contribution in [0.25, 0.3) is 0 Å². The van der Waals surface area contributed by atoms with Crippen LogP contribution in [0.1, 0.15) is 47.2 Å². The third kappa shape index (κ3) is 2.14. The Kier molecular flexibility index (Phi) is 2.98. The van der Waals surface area contributed by atoms with Crippen LogP contribution in [-0.4, -0.2) is 18.4 Å². The molecule has 1 aromatic carbocycles. The summed E-state index contributed by atoms with van der Waals surface area (Å²) >= 11 is 0. The highest BCUT2D eigenvalue weighted by Crippen LogP contribution is 2.23. The van der Waals surface area contributed by atoms with E-state index in [1.54, 1.807) is 0 Å². The molecule has 0 spiro atoms. The van der Waals surface area contributed by atoms with Crippen LogP contribution in [0, 0.1) is 0 Å². The molecule has 1 unspecified atom stereocenters. The Morgan fingerprint density at radius 1 is 1.12 bits per heavy atom. The Morgan fingerprint density at radius 3 is 2.71 bits per heavy atom. The summed E-state index contributed by atoms with van der Waals surface area (Å²) in [5.74, 6) is 0.288. The molecule has 0 amide bonds. The maximum atomic E-state index is 12.3. The number of Topliss-reactive ketones (excluding diaryl/α,β-unsaturated/α-hetero) is 1. The van der Waals surface area contributed by atoms with Gasteiger partial charge in [-0.3, -0.25) is 4.79 Å². The monoisotopic (exact) mass is 229 g/mol. The summed E-state index contributed by atoms with van der Waals surface area (Å²) < 4.78 is 0. The number of carbonyl (C=O) groups is 1. The third-order valence-corrected chi connectivity index (χ3v) is 4.01. The fourth-order valence-electron chi connectivity index (χ4n) is 3.00. The number of rotatable bonds is 2. The number of carbonyl (C=O) groups excluding carboxylic acids is 1. The van der Waals surface area contributed by atoms with Gasteiger partial charge in [-0.2, -0.15) is 0 Å². The van der Waals surface area contributed by atoms with Crippen molar-refractivity contribution in [3.8, 4) is 0 Å². The first-order chi connectivity index (χ1) is 8.34. The normalized spacial score (nSPS) is 23.4. The van der Waals surface area contributed by atoms with Gasteiger partial charge in [0.2, 0.25) is 0 Å². The summed E-state index contributed by atoms with van der Waals surface area (Å²) in [7, 11) is 0. The maximum absolute atomic E-state index is 12.3. The van der Waals surface area contributed by atoms with Gasteiger partial charge in [-0.25, -0.2) is 0 Å². The summed E-state index contributed by atoms with van der Waals surface area (Å²) in [6, 6.07) is 6.39.